The van der Waals surface area contributed by atoms with Gasteiger partial charge in [-0.3, -0.25) is 38.3 Å². The van der Waals surface area contributed by atoms with Crippen molar-refractivity contribution in [2.75, 3.05) is 0 Å². The number of rotatable bonds is 6. The average Bonchev–Trinajstić information content (AvgIpc) is 3.20. The van der Waals surface area contributed by atoms with Crippen LogP contribution < -0.4 is 22.2 Å². The van der Waals surface area contributed by atoms with Gasteiger partial charge in [-0.1, -0.05) is 0 Å². The Morgan fingerprint density at radius 1 is 0.531 bits per heavy atom. The zero-order chi connectivity index (χ0) is 22.2. The molecule has 0 N–H and O–H groups in total. The molecule has 0 spiro atoms. The molecule has 0 aliphatic rings. The highest BCUT2D eigenvalue weighted by atomic mass is 16.2. The Bertz CT molecular complexity index is 1440. The highest BCUT2D eigenvalue weighted by Crippen LogP contribution is 2.15. The van der Waals surface area contributed by atoms with E-state index in [0.717, 1.165) is 20.3 Å². The van der Waals surface area contributed by atoms with Gasteiger partial charge in [0.2, 0.25) is 0 Å². The van der Waals surface area contributed by atoms with Crippen molar-refractivity contribution in [1.29, 1.82) is 0 Å². The third kappa shape index (κ3) is 3.26. The molecule has 0 saturated carbocycles. The molecule has 158 valence electrons. The summed E-state index contributed by atoms with van der Waals surface area (Å²) in [4.78, 5) is 59.5. The van der Waals surface area contributed by atoms with Crippen LogP contribution in [0.4, 0.5) is 0 Å². The van der Waals surface area contributed by atoms with E-state index in [0.29, 0.717) is 12.8 Å². The zero-order valence-corrected chi connectivity index (χ0v) is 17.0. The van der Waals surface area contributed by atoms with Gasteiger partial charge < -0.3 is 0 Å². The van der Waals surface area contributed by atoms with Crippen LogP contribution in [0.2, 0.25) is 0 Å². The van der Waals surface area contributed by atoms with Gasteiger partial charge in [-0.05, 0) is 60.4 Å². The summed E-state index contributed by atoms with van der Waals surface area (Å²) in [6, 6.07) is 10.1. The van der Waals surface area contributed by atoms with Gasteiger partial charge in [0, 0.05) is 37.9 Å². The second kappa shape index (κ2) is 7.81. The smallest absolute Gasteiger partial charge is 0.261 e. The van der Waals surface area contributed by atoms with E-state index in [-0.39, 0.29) is 34.6 Å². The normalized spacial score (nSPS) is 11.5. The summed E-state index contributed by atoms with van der Waals surface area (Å²) in [5.74, 6) is 0. The monoisotopic (exact) mass is 426 g/mol. The minimum Gasteiger partial charge on any atom is -0.274 e. The second-order valence-electron chi connectivity index (χ2n) is 7.68. The molecule has 0 radical (unpaired) electrons. The van der Waals surface area contributed by atoms with Gasteiger partial charge in [0.1, 0.15) is 0 Å². The third-order valence-corrected chi connectivity index (χ3v) is 5.81. The number of aryl methyl sites for hydroxylation is 2. The van der Waals surface area contributed by atoms with Crippen molar-refractivity contribution >= 4 is 21.5 Å². The van der Waals surface area contributed by atoms with E-state index in [1.165, 1.54) is 12.1 Å². The van der Waals surface area contributed by atoms with Crippen molar-refractivity contribution in [2.45, 2.75) is 25.9 Å². The first-order valence-electron chi connectivity index (χ1n) is 10.2. The number of hydrogen-bond donors (Lipinski definition) is 0. The predicted molar refractivity (Wildman–Crippen MR) is 121 cm³/mol. The van der Waals surface area contributed by atoms with Crippen molar-refractivity contribution in [3.05, 3.63) is 114 Å². The van der Waals surface area contributed by atoms with E-state index in [1.54, 1.807) is 24.8 Å². The van der Waals surface area contributed by atoms with Gasteiger partial charge in [0.25, 0.3) is 22.2 Å². The summed E-state index contributed by atoms with van der Waals surface area (Å²) >= 11 is 0. The molecule has 0 aliphatic heterocycles. The van der Waals surface area contributed by atoms with Crippen LogP contribution in [0.25, 0.3) is 21.5 Å². The Morgan fingerprint density at radius 2 is 0.844 bits per heavy atom. The topological polar surface area (TPSA) is 104 Å². The fourth-order valence-electron chi connectivity index (χ4n) is 4.06. The summed E-state index contributed by atoms with van der Waals surface area (Å²) in [5, 5.41) is 0.669. The maximum atomic E-state index is 12.9. The number of aromatic nitrogens is 4. The predicted octanol–water partition coefficient (Wildman–Crippen LogP) is 1.19. The van der Waals surface area contributed by atoms with Crippen molar-refractivity contribution in [3.8, 4) is 0 Å². The quantitative estimate of drug-likeness (QED) is 0.404. The molecule has 1 aromatic carbocycles. The van der Waals surface area contributed by atoms with Crippen molar-refractivity contribution < 1.29 is 0 Å². The molecule has 0 atom stereocenters. The van der Waals surface area contributed by atoms with E-state index >= 15 is 0 Å². The minimum atomic E-state index is -0.447. The first-order chi connectivity index (χ1) is 15.5. The van der Waals surface area contributed by atoms with Crippen molar-refractivity contribution in [3.63, 3.8) is 0 Å². The first-order valence-corrected chi connectivity index (χ1v) is 10.2. The van der Waals surface area contributed by atoms with Gasteiger partial charge >= 0.3 is 0 Å². The summed E-state index contributed by atoms with van der Waals surface area (Å²) in [6.45, 7) is 0.419. The van der Waals surface area contributed by atoms with Gasteiger partial charge in [0.05, 0.1) is 21.5 Å². The van der Waals surface area contributed by atoms with Crippen molar-refractivity contribution in [1.82, 2.24) is 19.1 Å². The van der Waals surface area contributed by atoms with Gasteiger partial charge in [-0.15, -0.1) is 0 Å². The number of nitrogens with zero attached hydrogens (tertiary/aromatic N) is 4. The maximum absolute atomic E-state index is 12.9. The molecule has 0 unspecified atom stereocenters. The Kier molecular flexibility index (Phi) is 4.82. The van der Waals surface area contributed by atoms with E-state index in [1.807, 2.05) is 24.3 Å². The van der Waals surface area contributed by atoms with Crippen LogP contribution in [0, 0.1) is 0 Å². The number of fused-ring (bicyclic) bond motifs is 2. The molecule has 0 saturated heterocycles. The molecular formula is C24H18N4O4. The van der Waals surface area contributed by atoms with Gasteiger partial charge in [-0.25, -0.2) is 0 Å². The largest absolute Gasteiger partial charge is 0.274 e. The van der Waals surface area contributed by atoms with E-state index in [4.69, 9.17) is 0 Å². The molecular weight excluding hydrogens is 408 g/mol. The summed E-state index contributed by atoms with van der Waals surface area (Å²) in [5.41, 5.74) is 0.118. The Morgan fingerprint density at radius 3 is 1.16 bits per heavy atom. The fraction of sp³-hybridized carbons (Fsp3) is 0.167. The fourth-order valence-corrected chi connectivity index (χ4v) is 4.06. The molecule has 8 heteroatoms. The highest BCUT2D eigenvalue weighted by molar-refractivity contribution is 5.97. The molecule has 0 fully saturated rings. The maximum Gasteiger partial charge on any atom is 0.261 e. The van der Waals surface area contributed by atoms with Crippen LogP contribution in [-0.4, -0.2) is 19.1 Å². The van der Waals surface area contributed by atoms with Crippen LogP contribution in [0.15, 0.2) is 80.4 Å². The van der Waals surface area contributed by atoms with E-state index in [9.17, 15) is 19.2 Å². The lowest BCUT2D eigenvalue weighted by Gasteiger charge is -2.00. The highest BCUT2D eigenvalue weighted by Gasteiger charge is 2.19. The molecule has 5 rings (SSSR count). The number of pyridine rings is 2. The Balaban J connectivity index is 1.54. The summed E-state index contributed by atoms with van der Waals surface area (Å²) in [6.07, 6.45) is 7.60. The summed E-state index contributed by atoms with van der Waals surface area (Å²) in [7, 11) is 0. The zero-order valence-electron chi connectivity index (χ0n) is 17.0. The van der Waals surface area contributed by atoms with Gasteiger partial charge in [-0.2, -0.15) is 0 Å². The lowest BCUT2D eigenvalue weighted by molar-refractivity contribution is 0.663. The first kappa shape index (κ1) is 19.7. The lowest BCUT2D eigenvalue weighted by Crippen LogP contribution is -2.27. The number of hydrogen-bond acceptors (Lipinski definition) is 6. The molecule has 0 amide bonds. The van der Waals surface area contributed by atoms with Crippen LogP contribution in [0.5, 0.6) is 0 Å². The molecule has 5 aromatic rings. The van der Waals surface area contributed by atoms with E-state index in [2.05, 4.69) is 9.97 Å². The van der Waals surface area contributed by atoms with Crippen LogP contribution in [-0.2, 0) is 25.9 Å². The SMILES string of the molecule is O=c1c2cc3c(=O)n(CCc4ccncc4)c(=O)c3cc2c(=O)n1CCc1ccncc1. The van der Waals surface area contributed by atoms with Crippen LogP contribution in [0.1, 0.15) is 11.1 Å². The molecule has 8 nitrogen and oxygen atoms in total. The standard InChI is InChI=1S/C24H18N4O4/c29-21-17-13-19-20(24(32)28(23(19)31)12-6-16-3-9-26-10-4-16)14-18(17)22(30)27(21)11-5-15-1-7-25-8-2-15/h1-4,7-10,13-14H,5-6,11-12H2. The Hall–Kier alpha value is -4.20. The third-order valence-electron chi connectivity index (χ3n) is 5.81. The van der Waals surface area contributed by atoms with Crippen molar-refractivity contribution in [2.24, 2.45) is 0 Å². The minimum absolute atomic E-state index is 0.167. The molecule has 32 heavy (non-hydrogen) atoms. The number of benzene rings is 1. The molecule has 4 aromatic heterocycles. The molecule has 0 bridgehead atoms. The summed E-state index contributed by atoms with van der Waals surface area (Å²) < 4.78 is 2.33. The van der Waals surface area contributed by atoms with Crippen LogP contribution >= 0.6 is 0 Å². The van der Waals surface area contributed by atoms with Crippen LogP contribution in [0.3, 0.4) is 0 Å². The molecule has 0 aliphatic carbocycles. The average molecular weight is 426 g/mol. The second-order valence-corrected chi connectivity index (χ2v) is 7.68. The lowest BCUT2D eigenvalue weighted by atomic mass is 10.1. The van der Waals surface area contributed by atoms with E-state index < -0.39 is 22.2 Å². The van der Waals surface area contributed by atoms with Gasteiger partial charge in [0.15, 0.2) is 0 Å². The Labute approximate surface area is 180 Å². The molecule has 4 heterocycles.